The maximum absolute atomic E-state index is 12.2. The first kappa shape index (κ1) is 10.0. The van der Waals surface area contributed by atoms with Crippen LogP contribution in [-0.4, -0.2) is 12.3 Å². The Hall–Kier alpha value is -1.07. The molecule has 2 unspecified atom stereocenters. The van der Waals surface area contributed by atoms with E-state index in [0.29, 0.717) is 0 Å². The molecular formula is C7H11F3N2O. The number of nitrogens with two attached hydrogens (primary N) is 2. The maximum atomic E-state index is 12.2. The van der Waals surface area contributed by atoms with Gasteiger partial charge in [-0.05, 0) is 6.42 Å². The Morgan fingerprint density at radius 2 is 1.92 bits per heavy atom. The second kappa shape index (κ2) is 3.01. The molecule has 4 N–H and O–H groups in total. The summed E-state index contributed by atoms with van der Waals surface area (Å²) >= 11 is 0. The van der Waals surface area contributed by atoms with E-state index in [0.717, 1.165) is 0 Å². The number of alkyl halides is 3. The topological polar surface area (TPSA) is 61.3 Å². The molecule has 6 heteroatoms. The molecule has 76 valence electrons. The maximum Gasteiger partial charge on any atom is 0.425 e. The second-order valence-corrected chi connectivity index (χ2v) is 3.15. The largest absolute Gasteiger partial charge is 0.465 e. The van der Waals surface area contributed by atoms with Crippen LogP contribution in [0.2, 0.25) is 0 Å². The average molecular weight is 196 g/mol. The van der Waals surface area contributed by atoms with Gasteiger partial charge in [0, 0.05) is 5.92 Å². The standard InChI is InChI=1S/C7H11F3N2O/c1-3-2-4(11)6(12)13-5(3)7(8,9)10/h3,5H,2,11-12H2,1H3. The van der Waals surface area contributed by atoms with Crippen LogP contribution in [-0.2, 0) is 4.74 Å². The van der Waals surface area contributed by atoms with Gasteiger partial charge in [-0.2, -0.15) is 13.2 Å². The van der Waals surface area contributed by atoms with Crippen molar-refractivity contribution in [2.45, 2.75) is 25.6 Å². The Morgan fingerprint density at radius 3 is 2.38 bits per heavy atom. The Morgan fingerprint density at radius 1 is 1.38 bits per heavy atom. The van der Waals surface area contributed by atoms with E-state index in [9.17, 15) is 13.2 Å². The number of halogens is 3. The molecule has 0 aromatic carbocycles. The van der Waals surface area contributed by atoms with Gasteiger partial charge in [0.15, 0.2) is 6.10 Å². The molecule has 13 heavy (non-hydrogen) atoms. The van der Waals surface area contributed by atoms with Gasteiger partial charge in [0.25, 0.3) is 0 Å². The molecule has 1 rings (SSSR count). The molecule has 3 nitrogen and oxygen atoms in total. The van der Waals surface area contributed by atoms with Crippen LogP contribution in [0.4, 0.5) is 13.2 Å². The zero-order valence-electron chi connectivity index (χ0n) is 7.06. The van der Waals surface area contributed by atoms with Gasteiger partial charge in [0.2, 0.25) is 5.88 Å². The summed E-state index contributed by atoms with van der Waals surface area (Å²) in [5.41, 5.74) is 10.7. The van der Waals surface area contributed by atoms with Gasteiger partial charge >= 0.3 is 6.18 Å². The third-order valence-electron chi connectivity index (χ3n) is 1.95. The number of allylic oxidation sites excluding steroid dienone is 1. The molecule has 1 heterocycles. The van der Waals surface area contributed by atoms with Crippen LogP contribution < -0.4 is 11.5 Å². The minimum Gasteiger partial charge on any atom is -0.465 e. The predicted octanol–water partition coefficient (Wildman–Crippen LogP) is 1.06. The molecule has 0 saturated carbocycles. The van der Waals surface area contributed by atoms with Crippen molar-refractivity contribution in [1.29, 1.82) is 0 Å². The SMILES string of the molecule is CC1CC(N)=C(N)OC1C(F)(F)F. The van der Waals surface area contributed by atoms with Crippen molar-refractivity contribution in [1.82, 2.24) is 0 Å². The molecule has 0 saturated heterocycles. The van der Waals surface area contributed by atoms with Gasteiger partial charge in [-0.25, -0.2) is 0 Å². The lowest BCUT2D eigenvalue weighted by molar-refractivity contribution is -0.227. The van der Waals surface area contributed by atoms with Gasteiger partial charge in [0.1, 0.15) is 0 Å². The lowest BCUT2D eigenvalue weighted by Gasteiger charge is -2.31. The normalized spacial score (nSPS) is 30.2. The third kappa shape index (κ3) is 1.99. The third-order valence-corrected chi connectivity index (χ3v) is 1.95. The smallest absolute Gasteiger partial charge is 0.425 e. The molecule has 0 bridgehead atoms. The van der Waals surface area contributed by atoms with E-state index in [1.165, 1.54) is 6.92 Å². The van der Waals surface area contributed by atoms with Crippen molar-refractivity contribution in [2.75, 3.05) is 0 Å². The molecule has 0 aromatic rings. The minimum atomic E-state index is -4.38. The van der Waals surface area contributed by atoms with Crippen LogP contribution >= 0.6 is 0 Å². The summed E-state index contributed by atoms with van der Waals surface area (Å²) in [5, 5.41) is 0. The van der Waals surface area contributed by atoms with E-state index in [1.54, 1.807) is 0 Å². The first-order valence-corrected chi connectivity index (χ1v) is 3.80. The molecule has 2 atom stereocenters. The van der Waals surface area contributed by atoms with Crippen LogP contribution in [0.5, 0.6) is 0 Å². The zero-order chi connectivity index (χ0) is 10.2. The molecule has 0 amide bonds. The van der Waals surface area contributed by atoms with Crippen LogP contribution in [0.25, 0.3) is 0 Å². The van der Waals surface area contributed by atoms with Gasteiger partial charge in [-0.15, -0.1) is 0 Å². The van der Waals surface area contributed by atoms with Crippen molar-refractivity contribution in [2.24, 2.45) is 17.4 Å². The fourth-order valence-electron chi connectivity index (χ4n) is 1.27. The van der Waals surface area contributed by atoms with Crippen molar-refractivity contribution in [3.05, 3.63) is 11.6 Å². The summed E-state index contributed by atoms with van der Waals surface area (Å²) in [6.07, 6.45) is -6.10. The highest BCUT2D eigenvalue weighted by atomic mass is 19.4. The quantitative estimate of drug-likeness (QED) is 0.609. The first-order valence-electron chi connectivity index (χ1n) is 3.80. The second-order valence-electron chi connectivity index (χ2n) is 3.15. The van der Waals surface area contributed by atoms with Crippen molar-refractivity contribution in [3.8, 4) is 0 Å². The summed E-state index contributed by atoms with van der Waals surface area (Å²) in [5.74, 6) is -0.993. The first-order chi connectivity index (χ1) is 5.82. The molecule has 1 aliphatic heterocycles. The minimum absolute atomic E-state index is 0.121. The molecule has 0 aliphatic carbocycles. The van der Waals surface area contributed by atoms with E-state index < -0.39 is 18.2 Å². The monoisotopic (exact) mass is 196 g/mol. The fourth-order valence-corrected chi connectivity index (χ4v) is 1.27. The Balaban J connectivity index is 2.82. The summed E-state index contributed by atoms with van der Waals surface area (Å²) in [4.78, 5) is 0. The lowest BCUT2D eigenvalue weighted by atomic mass is 9.96. The van der Waals surface area contributed by atoms with Crippen LogP contribution in [0.3, 0.4) is 0 Å². The molecule has 0 radical (unpaired) electrons. The van der Waals surface area contributed by atoms with E-state index in [2.05, 4.69) is 4.74 Å². The van der Waals surface area contributed by atoms with Gasteiger partial charge in [-0.1, -0.05) is 6.92 Å². The Labute approximate surface area is 73.5 Å². The van der Waals surface area contributed by atoms with Crippen molar-refractivity contribution >= 4 is 0 Å². The highest BCUT2D eigenvalue weighted by Crippen LogP contribution is 2.35. The highest BCUT2D eigenvalue weighted by molar-refractivity contribution is 5.07. The van der Waals surface area contributed by atoms with E-state index in [1.807, 2.05) is 0 Å². The number of rotatable bonds is 0. The van der Waals surface area contributed by atoms with Crippen LogP contribution in [0.1, 0.15) is 13.3 Å². The predicted molar refractivity (Wildman–Crippen MR) is 40.1 cm³/mol. The zero-order valence-corrected chi connectivity index (χ0v) is 7.06. The number of hydrogen-bond donors (Lipinski definition) is 2. The summed E-state index contributed by atoms with van der Waals surface area (Å²) in [6, 6.07) is 0. The van der Waals surface area contributed by atoms with Gasteiger partial charge < -0.3 is 16.2 Å². The van der Waals surface area contributed by atoms with Crippen LogP contribution in [0, 0.1) is 5.92 Å². The highest BCUT2D eigenvalue weighted by Gasteiger charge is 2.47. The van der Waals surface area contributed by atoms with E-state index >= 15 is 0 Å². The fraction of sp³-hybridized carbons (Fsp3) is 0.714. The lowest BCUT2D eigenvalue weighted by Crippen LogP contribution is -2.42. The number of hydrogen-bond acceptors (Lipinski definition) is 3. The van der Waals surface area contributed by atoms with E-state index in [-0.39, 0.29) is 18.0 Å². The van der Waals surface area contributed by atoms with Crippen molar-refractivity contribution < 1.29 is 17.9 Å². The van der Waals surface area contributed by atoms with Crippen molar-refractivity contribution in [3.63, 3.8) is 0 Å². The van der Waals surface area contributed by atoms with Gasteiger partial charge in [-0.3, -0.25) is 0 Å². The van der Waals surface area contributed by atoms with Gasteiger partial charge in [0.05, 0.1) is 5.70 Å². The molecule has 1 aliphatic rings. The molecule has 0 spiro atoms. The summed E-state index contributed by atoms with van der Waals surface area (Å²) in [6.45, 7) is 1.43. The van der Waals surface area contributed by atoms with Crippen LogP contribution in [0.15, 0.2) is 11.6 Å². The number of ether oxygens (including phenoxy) is 1. The summed E-state index contributed by atoms with van der Waals surface area (Å²) < 4.78 is 41.2. The summed E-state index contributed by atoms with van der Waals surface area (Å²) in [7, 11) is 0. The average Bonchev–Trinajstić information content (AvgIpc) is 1.94. The van der Waals surface area contributed by atoms with E-state index in [4.69, 9.17) is 11.5 Å². The molecule has 0 fully saturated rings. The molecule has 0 aromatic heterocycles. The molecular weight excluding hydrogens is 185 g/mol. The Bertz CT molecular complexity index is 236. The Kier molecular flexibility index (Phi) is 2.32.